The van der Waals surface area contributed by atoms with Crippen LogP contribution >= 0.6 is 23.2 Å². The molecule has 0 aromatic heterocycles. The first-order chi connectivity index (χ1) is 18.8. The summed E-state index contributed by atoms with van der Waals surface area (Å²) in [7, 11) is -7.61. The van der Waals surface area contributed by atoms with E-state index in [1.807, 2.05) is 0 Å². The van der Waals surface area contributed by atoms with Crippen molar-refractivity contribution in [2.45, 2.75) is 9.79 Å². The van der Waals surface area contributed by atoms with Gasteiger partial charge in [-0.2, -0.15) is 0 Å². The molecule has 0 saturated carbocycles. The third-order valence-electron chi connectivity index (χ3n) is 4.87. The number of benzene rings is 4. The van der Waals surface area contributed by atoms with Crippen LogP contribution in [-0.2, 0) is 20.0 Å². The van der Waals surface area contributed by atoms with Crippen molar-refractivity contribution in [1.29, 1.82) is 0 Å². The maximum absolute atomic E-state index is 12.1. The molecule has 0 atom stereocenters. The topological polar surface area (TPSA) is 179 Å². The van der Waals surface area contributed by atoms with Crippen LogP contribution in [0.25, 0.3) is 0 Å². The highest BCUT2D eigenvalue weighted by Gasteiger charge is 2.17. The molecule has 4 aromatic rings. The molecule has 0 fully saturated rings. The van der Waals surface area contributed by atoms with Gasteiger partial charge in [0.15, 0.2) is 0 Å². The van der Waals surface area contributed by atoms with Crippen LogP contribution in [0, 0.1) is 20.2 Å². The number of nitrogens with one attached hydrogen (secondary N) is 2. The SMILES string of the molecule is O=[N+]([O-])c1ccc(S(=O)(=O)Nc2cccc(Cl)c2)cc1.O=[N+]([O-])c1ccc(S(=O)(=O)Nc2cccc(Cl)c2)cc1. The van der Waals surface area contributed by atoms with Crippen LogP contribution in [0.15, 0.2) is 107 Å². The number of sulfonamides is 2. The molecular weight excluding hydrogens is 607 g/mol. The highest BCUT2D eigenvalue weighted by Crippen LogP contribution is 2.22. The molecule has 0 aliphatic carbocycles. The first-order valence-electron chi connectivity index (χ1n) is 10.8. The van der Waals surface area contributed by atoms with Gasteiger partial charge >= 0.3 is 0 Å². The van der Waals surface area contributed by atoms with E-state index in [-0.39, 0.29) is 21.2 Å². The molecule has 0 heterocycles. The largest absolute Gasteiger partial charge is 0.280 e. The molecular formula is C24H18Cl2N4O8S2. The summed E-state index contributed by atoms with van der Waals surface area (Å²) in [4.78, 5) is 19.7. The van der Waals surface area contributed by atoms with Gasteiger partial charge < -0.3 is 0 Å². The average Bonchev–Trinajstić information content (AvgIpc) is 2.89. The van der Waals surface area contributed by atoms with Crippen LogP contribution in [0.4, 0.5) is 22.7 Å². The van der Waals surface area contributed by atoms with Crippen molar-refractivity contribution in [3.05, 3.63) is 127 Å². The fourth-order valence-electron chi connectivity index (χ4n) is 3.03. The van der Waals surface area contributed by atoms with Crippen molar-refractivity contribution in [3.63, 3.8) is 0 Å². The molecule has 0 spiro atoms. The summed E-state index contributed by atoms with van der Waals surface area (Å²) < 4.78 is 53.0. The zero-order chi connectivity index (χ0) is 29.5. The number of rotatable bonds is 8. The van der Waals surface area contributed by atoms with Crippen molar-refractivity contribution in [3.8, 4) is 0 Å². The second kappa shape index (κ2) is 12.7. The molecule has 0 saturated heterocycles. The normalized spacial score (nSPS) is 11.1. The highest BCUT2D eigenvalue weighted by molar-refractivity contribution is 7.93. The van der Waals surface area contributed by atoms with Crippen LogP contribution in [0.2, 0.25) is 10.0 Å². The van der Waals surface area contributed by atoms with Crippen LogP contribution in [0.5, 0.6) is 0 Å². The van der Waals surface area contributed by atoms with Gasteiger partial charge in [-0.15, -0.1) is 0 Å². The van der Waals surface area contributed by atoms with Gasteiger partial charge in [0, 0.05) is 34.3 Å². The smallest absolute Gasteiger partial charge is 0.269 e. The highest BCUT2D eigenvalue weighted by atomic mass is 35.5. The predicted octanol–water partition coefficient (Wildman–Crippen LogP) is 6.10. The summed E-state index contributed by atoms with van der Waals surface area (Å²) >= 11 is 11.5. The molecule has 0 unspecified atom stereocenters. The van der Waals surface area contributed by atoms with Gasteiger partial charge in [0.1, 0.15) is 0 Å². The van der Waals surface area contributed by atoms with E-state index in [2.05, 4.69) is 9.44 Å². The Kier molecular flexibility index (Phi) is 9.65. The standard InChI is InChI=1S/2C12H9ClN2O4S/c2*13-9-2-1-3-10(8-9)14-20(18,19)12-6-4-11(5-7-12)15(16)17/h2*1-8,14H. The predicted molar refractivity (Wildman–Crippen MR) is 151 cm³/mol. The first kappa shape index (κ1) is 30.3. The minimum Gasteiger partial charge on any atom is -0.280 e. The zero-order valence-corrected chi connectivity index (χ0v) is 23.1. The van der Waals surface area contributed by atoms with Crippen LogP contribution < -0.4 is 9.44 Å². The van der Waals surface area contributed by atoms with Crippen LogP contribution in [0.1, 0.15) is 0 Å². The molecule has 2 N–H and O–H groups in total. The van der Waals surface area contributed by atoms with E-state index in [9.17, 15) is 37.1 Å². The molecule has 16 heteroatoms. The van der Waals surface area contributed by atoms with E-state index >= 15 is 0 Å². The minimum atomic E-state index is -3.80. The van der Waals surface area contributed by atoms with Gasteiger partial charge in [-0.1, -0.05) is 35.3 Å². The van der Waals surface area contributed by atoms with Crippen molar-refractivity contribution >= 4 is 66.0 Å². The average molecular weight is 625 g/mol. The Morgan fingerprint density at radius 2 is 0.875 bits per heavy atom. The molecule has 12 nitrogen and oxygen atoms in total. The zero-order valence-electron chi connectivity index (χ0n) is 20.0. The lowest BCUT2D eigenvalue weighted by molar-refractivity contribution is -0.385. The number of hydrogen-bond donors (Lipinski definition) is 2. The molecule has 0 bridgehead atoms. The number of nitrogens with zero attached hydrogens (tertiary/aromatic N) is 2. The number of hydrogen-bond acceptors (Lipinski definition) is 8. The van der Waals surface area contributed by atoms with Gasteiger partial charge in [-0.3, -0.25) is 29.7 Å². The Balaban J connectivity index is 0.000000220. The van der Waals surface area contributed by atoms with E-state index in [1.54, 1.807) is 36.4 Å². The second-order valence-electron chi connectivity index (χ2n) is 7.73. The van der Waals surface area contributed by atoms with Crippen LogP contribution in [0.3, 0.4) is 0 Å². The maximum atomic E-state index is 12.1. The van der Waals surface area contributed by atoms with E-state index in [0.717, 1.165) is 24.3 Å². The monoisotopic (exact) mass is 624 g/mol. The molecule has 0 radical (unpaired) electrons. The summed E-state index contributed by atoms with van der Waals surface area (Å²) in [5.74, 6) is 0. The van der Waals surface area contributed by atoms with Crippen molar-refractivity contribution in [1.82, 2.24) is 0 Å². The Hall–Kier alpha value is -4.24. The summed E-state index contributed by atoms with van der Waals surface area (Å²) in [5, 5.41) is 21.8. The lowest BCUT2D eigenvalue weighted by Gasteiger charge is -2.08. The van der Waals surface area contributed by atoms with Gasteiger partial charge in [0.25, 0.3) is 31.4 Å². The molecule has 0 amide bonds. The fraction of sp³-hybridized carbons (Fsp3) is 0. The first-order valence-corrected chi connectivity index (χ1v) is 14.5. The lowest BCUT2D eigenvalue weighted by atomic mass is 10.3. The number of nitro benzene ring substituents is 2. The van der Waals surface area contributed by atoms with Gasteiger partial charge in [0.05, 0.1) is 31.0 Å². The van der Waals surface area contributed by atoms with Gasteiger partial charge in [-0.25, -0.2) is 16.8 Å². The Morgan fingerprint density at radius 3 is 1.15 bits per heavy atom. The molecule has 4 aromatic carbocycles. The Bertz CT molecular complexity index is 1620. The van der Waals surface area contributed by atoms with Crippen molar-refractivity contribution in [2.75, 3.05) is 9.44 Å². The summed E-state index contributed by atoms with van der Waals surface area (Å²) in [6.45, 7) is 0. The number of anilines is 2. The lowest BCUT2D eigenvalue weighted by Crippen LogP contribution is -2.12. The molecule has 208 valence electrons. The second-order valence-corrected chi connectivity index (χ2v) is 12.0. The van der Waals surface area contributed by atoms with Crippen molar-refractivity contribution in [2.24, 2.45) is 0 Å². The van der Waals surface area contributed by atoms with E-state index < -0.39 is 29.9 Å². The third-order valence-corrected chi connectivity index (χ3v) is 8.13. The summed E-state index contributed by atoms with van der Waals surface area (Å²) in [5.41, 5.74) is 0.283. The summed E-state index contributed by atoms with van der Waals surface area (Å²) in [6, 6.07) is 21.7. The Morgan fingerprint density at radius 1 is 0.550 bits per heavy atom. The molecule has 40 heavy (non-hydrogen) atoms. The molecule has 4 rings (SSSR count). The van der Waals surface area contributed by atoms with E-state index in [4.69, 9.17) is 23.2 Å². The van der Waals surface area contributed by atoms with Crippen LogP contribution in [-0.4, -0.2) is 26.7 Å². The quantitative estimate of drug-likeness (QED) is 0.174. The maximum Gasteiger partial charge on any atom is 0.269 e. The van der Waals surface area contributed by atoms with E-state index in [1.165, 1.54) is 36.4 Å². The number of non-ortho nitro benzene ring substituents is 2. The van der Waals surface area contributed by atoms with E-state index in [0.29, 0.717) is 21.4 Å². The van der Waals surface area contributed by atoms with Gasteiger partial charge in [-0.05, 0) is 60.7 Å². The fourth-order valence-corrected chi connectivity index (χ4v) is 5.51. The minimum absolute atomic E-state index is 0.0666. The Labute approximate surface area is 238 Å². The number of nitro groups is 2. The summed E-state index contributed by atoms with van der Waals surface area (Å²) in [6.07, 6.45) is 0. The van der Waals surface area contributed by atoms with Crippen molar-refractivity contribution < 1.29 is 26.7 Å². The molecule has 0 aliphatic heterocycles. The number of halogens is 2. The third kappa shape index (κ3) is 8.38. The molecule has 0 aliphatic rings. The van der Waals surface area contributed by atoms with Gasteiger partial charge in [0.2, 0.25) is 0 Å².